The van der Waals surface area contributed by atoms with E-state index in [0.29, 0.717) is 17.0 Å². The van der Waals surface area contributed by atoms with Crippen molar-refractivity contribution in [2.45, 2.75) is 6.92 Å². The van der Waals surface area contributed by atoms with Crippen LogP contribution in [0.5, 0.6) is 11.5 Å². The van der Waals surface area contributed by atoms with Gasteiger partial charge in [0.2, 0.25) is 6.79 Å². The minimum absolute atomic E-state index is 0.212. The Morgan fingerprint density at radius 2 is 1.69 bits per heavy atom. The van der Waals surface area contributed by atoms with Crippen LogP contribution in [0, 0.1) is 6.92 Å². The summed E-state index contributed by atoms with van der Waals surface area (Å²) in [6.07, 6.45) is 3.20. The molecule has 0 unspecified atom stereocenters. The Labute approximate surface area is 150 Å². The number of nitrogens with one attached hydrogen (secondary N) is 2. The molecule has 0 saturated carbocycles. The lowest BCUT2D eigenvalue weighted by Crippen LogP contribution is -2.12. The van der Waals surface area contributed by atoms with E-state index in [2.05, 4.69) is 15.6 Å². The molecular weight excluding hydrogens is 330 g/mol. The summed E-state index contributed by atoms with van der Waals surface area (Å²) in [5.74, 6) is 1.20. The van der Waals surface area contributed by atoms with Gasteiger partial charge in [0.1, 0.15) is 0 Å². The standard InChI is InChI=1S/C20H17N3O3/c1-13-2-4-15(5-3-13)23-20(24)14-8-17(11-21-10-14)22-16-6-7-18-19(9-16)26-12-25-18/h2-11,22H,12H2,1H3,(H,23,24). The van der Waals surface area contributed by atoms with Crippen LogP contribution in [0.15, 0.2) is 60.9 Å². The third-order valence-electron chi connectivity index (χ3n) is 3.97. The molecular formula is C20H17N3O3. The highest BCUT2D eigenvalue weighted by molar-refractivity contribution is 6.04. The van der Waals surface area contributed by atoms with Gasteiger partial charge in [-0.15, -0.1) is 0 Å². The molecule has 6 heteroatoms. The van der Waals surface area contributed by atoms with Crippen LogP contribution in [0.1, 0.15) is 15.9 Å². The molecule has 6 nitrogen and oxygen atoms in total. The van der Waals surface area contributed by atoms with Crippen molar-refractivity contribution in [1.82, 2.24) is 4.98 Å². The van der Waals surface area contributed by atoms with Gasteiger partial charge in [0.15, 0.2) is 11.5 Å². The molecule has 0 aliphatic carbocycles. The Hall–Kier alpha value is -3.54. The number of rotatable bonds is 4. The van der Waals surface area contributed by atoms with Gasteiger partial charge in [-0.05, 0) is 37.3 Å². The third-order valence-corrected chi connectivity index (χ3v) is 3.97. The summed E-state index contributed by atoms with van der Waals surface area (Å²) in [6.45, 7) is 2.23. The van der Waals surface area contributed by atoms with Crippen LogP contribution in [0.2, 0.25) is 0 Å². The number of hydrogen-bond acceptors (Lipinski definition) is 5. The number of fused-ring (bicyclic) bond motifs is 1. The number of pyridine rings is 1. The van der Waals surface area contributed by atoms with Crippen LogP contribution in [-0.4, -0.2) is 17.7 Å². The molecule has 0 radical (unpaired) electrons. The summed E-state index contributed by atoms with van der Waals surface area (Å²) >= 11 is 0. The van der Waals surface area contributed by atoms with Crippen molar-refractivity contribution < 1.29 is 14.3 Å². The van der Waals surface area contributed by atoms with Crippen LogP contribution in [0.25, 0.3) is 0 Å². The second-order valence-corrected chi connectivity index (χ2v) is 5.98. The number of aryl methyl sites for hydroxylation is 1. The Morgan fingerprint density at radius 1 is 0.923 bits per heavy atom. The van der Waals surface area contributed by atoms with Crippen molar-refractivity contribution in [2.75, 3.05) is 17.4 Å². The lowest BCUT2D eigenvalue weighted by Gasteiger charge is -2.09. The average molecular weight is 347 g/mol. The van der Waals surface area contributed by atoms with E-state index in [1.807, 2.05) is 49.4 Å². The van der Waals surface area contributed by atoms with Crippen molar-refractivity contribution in [3.8, 4) is 11.5 Å². The molecule has 2 heterocycles. The fraction of sp³-hybridized carbons (Fsp3) is 0.100. The zero-order valence-electron chi connectivity index (χ0n) is 14.2. The molecule has 1 aromatic heterocycles. The number of hydrogen-bond donors (Lipinski definition) is 2. The van der Waals surface area contributed by atoms with E-state index >= 15 is 0 Å². The van der Waals surface area contributed by atoms with Crippen LogP contribution in [0.3, 0.4) is 0 Å². The molecule has 0 fully saturated rings. The zero-order chi connectivity index (χ0) is 17.9. The van der Waals surface area contributed by atoms with E-state index in [1.165, 1.54) is 6.20 Å². The largest absolute Gasteiger partial charge is 0.454 e. The summed E-state index contributed by atoms with van der Waals surface area (Å²) in [7, 11) is 0. The van der Waals surface area contributed by atoms with E-state index in [9.17, 15) is 4.79 Å². The molecule has 1 aliphatic rings. The number of benzene rings is 2. The molecule has 3 aromatic rings. The highest BCUT2D eigenvalue weighted by atomic mass is 16.7. The molecule has 130 valence electrons. The summed E-state index contributed by atoms with van der Waals surface area (Å²) in [5.41, 5.74) is 3.89. The first kappa shape index (κ1) is 16.0. The highest BCUT2D eigenvalue weighted by Crippen LogP contribution is 2.35. The lowest BCUT2D eigenvalue weighted by atomic mass is 10.2. The summed E-state index contributed by atoms with van der Waals surface area (Å²) in [6, 6.07) is 15.0. The van der Waals surface area contributed by atoms with Gasteiger partial charge in [0, 0.05) is 23.6 Å². The summed E-state index contributed by atoms with van der Waals surface area (Å²) in [4.78, 5) is 16.6. The third kappa shape index (κ3) is 3.44. The number of carbonyl (C=O) groups is 1. The molecule has 0 atom stereocenters. The van der Waals surface area contributed by atoms with Crippen molar-refractivity contribution in [1.29, 1.82) is 0 Å². The molecule has 4 rings (SSSR count). The number of carbonyl (C=O) groups excluding carboxylic acids is 1. The predicted octanol–water partition coefficient (Wildman–Crippen LogP) is 4.11. The van der Waals surface area contributed by atoms with Gasteiger partial charge in [-0.1, -0.05) is 17.7 Å². The lowest BCUT2D eigenvalue weighted by molar-refractivity contribution is 0.102. The summed E-state index contributed by atoms with van der Waals surface area (Å²) in [5, 5.41) is 6.09. The quantitative estimate of drug-likeness (QED) is 0.743. The second-order valence-electron chi connectivity index (χ2n) is 5.98. The predicted molar refractivity (Wildman–Crippen MR) is 99.2 cm³/mol. The number of amides is 1. The van der Waals surface area contributed by atoms with Crippen molar-refractivity contribution in [2.24, 2.45) is 0 Å². The zero-order valence-corrected chi connectivity index (χ0v) is 14.2. The fourth-order valence-corrected chi connectivity index (χ4v) is 2.61. The smallest absolute Gasteiger partial charge is 0.257 e. The second kappa shape index (κ2) is 6.76. The van der Waals surface area contributed by atoms with Crippen molar-refractivity contribution in [3.05, 3.63) is 72.1 Å². The van der Waals surface area contributed by atoms with Gasteiger partial charge in [-0.3, -0.25) is 9.78 Å². The van der Waals surface area contributed by atoms with E-state index < -0.39 is 0 Å². The van der Waals surface area contributed by atoms with Gasteiger partial charge >= 0.3 is 0 Å². The molecule has 0 saturated heterocycles. The normalized spacial score (nSPS) is 11.9. The summed E-state index contributed by atoms with van der Waals surface area (Å²) < 4.78 is 10.7. The highest BCUT2D eigenvalue weighted by Gasteiger charge is 2.13. The van der Waals surface area contributed by atoms with Crippen LogP contribution < -0.4 is 20.1 Å². The van der Waals surface area contributed by atoms with E-state index in [4.69, 9.17) is 9.47 Å². The molecule has 1 amide bonds. The molecule has 0 spiro atoms. The van der Waals surface area contributed by atoms with Crippen LogP contribution in [-0.2, 0) is 0 Å². The Kier molecular flexibility index (Phi) is 4.15. The molecule has 1 aliphatic heterocycles. The Morgan fingerprint density at radius 3 is 2.54 bits per heavy atom. The maximum absolute atomic E-state index is 12.4. The monoisotopic (exact) mass is 347 g/mol. The fourth-order valence-electron chi connectivity index (χ4n) is 2.61. The SMILES string of the molecule is Cc1ccc(NC(=O)c2cncc(Nc3ccc4c(c3)OCO4)c2)cc1. The van der Waals surface area contributed by atoms with E-state index in [0.717, 1.165) is 22.7 Å². The van der Waals surface area contributed by atoms with E-state index in [1.54, 1.807) is 12.3 Å². The number of anilines is 3. The Balaban J connectivity index is 1.49. The first-order valence-electron chi connectivity index (χ1n) is 8.17. The van der Waals surface area contributed by atoms with Gasteiger partial charge in [-0.25, -0.2) is 0 Å². The number of ether oxygens (including phenoxy) is 2. The number of nitrogens with zero attached hydrogens (tertiary/aromatic N) is 1. The maximum atomic E-state index is 12.4. The minimum atomic E-state index is -0.212. The van der Waals surface area contributed by atoms with Gasteiger partial charge in [0.05, 0.1) is 17.4 Å². The van der Waals surface area contributed by atoms with Gasteiger partial charge in [-0.2, -0.15) is 0 Å². The average Bonchev–Trinajstić information content (AvgIpc) is 3.12. The molecule has 26 heavy (non-hydrogen) atoms. The molecule has 2 N–H and O–H groups in total. The number of aromatic nitrogens is 1. The maximum Gasteiger partial charge on any atom is 0.257 e. The van der Waals surface area contributed by atoms with E-state index in [-0.39, 0.29) is 12.7 Å². The van der Waals surface area contributed by atoms with Crippen LogP contribution >= 0.6 is 0 Å². The topological polar surface area (TPSA) is 72.5 Å². The first-order valence-corrected chi connectivity index (χ1v) is 8.17. The molecule has 0 bridgehead atoms. The van der Waals surface area contributed by atoms with Gasteiger partial charge in [0.25, 0.3) is 5.91 Å². The van der Waals surface area contributed by atoms with Crippen LogP contribution in [0.4, 0.5) is 17.1 Å². The minimum Gasteiger partial charge on any atom is -0.454 e. The van der Waals surface area contributed by atoms with Crippen molar-refractivity contribution in [3.63, 3.8) is 0 Å². The van der Waals surface area contributed by atoms with Crippen molar-refractivity contribution >= 4 is 23.0 Å². The molecule has 2 aromatic carbocycles. The first-order chi connectivity index (χ1) is 12.7. The Bertz CT molecular complexity index is 955. The van der Waals surface area contributed by atoms with Gasteiger partial charge < -0.3 is 20.1 Å².